The van der Waals surface area contributed by atoms with Gasteiger partial charge in [0.15, 0.2) is 0 Å². The molecule has 1 atom stereocenters. The average molecular weight is 163 g/mol. The predicted octanol–water partition coefficient (Wildman–Crippen LogP) is 2.08. The number of halogens is 1. The monoisotopic (exact) mass is 162 g/mol. The summed E-state index contributed by atoms with van der Waals surface area (Å²) in [5.41, 5.74) is 0. The highest BCUT2D eigenvalue weighted by Gasteiger charge is 2.08. The van der Waals surface area contributed by atoms with Crippen LogP contribution in [0.2, 0.25) is 0 Å². The number of rotatable bonds is 3. The highest BCUT2D eigenvalue weighted by Crippen LogP contribution is 2.04. The summed E-state index contributed by atoms with van der Waals surface area (Å²) in [5, 5.41) is -0.0692. The van der Waals surface area contributed by atoms with Gasteiger partial charge in [-0.3, -0.25) is 0 Å². The van der Waals surface area contributed by atoms with Gasteiger partial charge in [0, 0.05) is 0 Å². The molecule has 2 nitrogen and oxygen atoms in total. The molecule has 0 rings (SSSR count). The lowest BCUT2D eigenvalue weighted by Gasteiger charge is -2.08. The molecule has 0 saturated heterocycles. The van der Waals surface area contributed by atoms with E-state index in [1.54, 1.807) is 6.92 Å². The van der Waals surface area contributed by atoms with Gasteiger partial charge >= 0.3 is 5.97 Å². The molecule has 58 valence electrons. The van der Waals surface area contributed by atoms with Crippen molar-refractivity contribution in [3.05, 3.63) is 11.6 Å². The summed E-state index contributed by atoms with van der Waals surface area (Å²) < 4.78 is 4.79. The normalized spacial score (nSPS) is 12.3. The Balaban J connectivity index is 3.68. The second kappa shape index (κ2) is 4.34. The minimum atomic E-state index is -0.531. The fourth-order valence-electron chi connectivity index (χ4n) is 0.330. The molecule has 0 fully saturated rings. The Morgan fingerprint density at radius 3 is 2.60 bits per heavy atom. The van der Waals surface area contributed by atoms with Crippen LogP contribution >= 0.6 is 11.6 Å². The summed E-state index contributed by atoms with van der Waals surface area (Å²) in [5.74, 6) is -0.531. The molecule has 10 heavy (non-hydrogen) atoms. The zero-order valence-corrected chi connectivity index (χ0v) is 6.94. The smallest absolute Gasteiger partial charge is 0.349 e. The Kier molecular flexibility index (Phi) is 4.12. The lowest BCUT2D eigenvalue weighted by molar-refractivity contribution is -0.142. The first-order chi connectivity index (χ1) is 4.57. The van der Waals surface area contributed by atoms with E-state index in [-0.39, 0.29) is 11.1 Å². The van der Waals surface area contributed by atoms with Crippen LogP contribution in [0.25, 0.3) is 0 Å². The minimum Gasteiger partial charge on any atom is -0.458 e. The molecule has 3 heteroatoms. The summed E-state index contributed by atoms with van der Waals surface area (Å²) in [6, 6.07) is 0. The first-order valence-electron chi connectivity index (χ1n) is 3.13. The molecule has 0 aromatic rings. The Morgan fingerprint density at radius 1 is 1.80 bits per heavy atom. The van der Waals surface area contributed by atoms with E-state index >= 15 is 0 Å². The van der Waals surface area contributed by atoms with Gasteiger partial charge in [0.05, 0.1) is 6.10 Å². The van der Waals surface area contributed by atoms with Gasteiger partial charge in [-0.15, -0.1) is 0 Å². The molecule has 0 saturated carbocycles. The molecule has 0 heterocycles. The molecule has 0 aromatic heterocycles. The van der Waals surface area contributed by atoms with Crippen molar-refractivity contribution < 1.29 is 9.53 Å². The molecule has 0 spiro atoms. The highest BCUT2D eigenvalue weighted by molar-refractivity contribution is 6.40. The average Bonchev–Trinajstić information content (AvgIpc) is 1.87. The molecule has 0 aliphatic carbocycles. The van der Waals surface area contributed by atoms with Crippen LogP contribution < -0.4 is 0 Å². The van der Waals surface area contributed by atoms with Crippen molar-refractivity contribution in [2.75, 3.05) is 0 Å². The van der Waals surface area contributed by atoms with E-state index in [1.165, 1.54) is 0 Å². The summed E-state index contributed by atoms with van der Waals surface area (Å²) in [7, 11) is 0. The fraction of sp³-hybridized carbons (Fsp3) is 0.571. The molecule has 0 aliphatic rings. The third kappa shape index (κ3) is 3.51. The van der Waals surface area contributed by atoms with Crippen LogP contribution in [0.15, 0.2) is 11.6 Å². The summed E-state index contributed by atoms with van der Waals surface area (Å²) in [4.78, 5) is 10.7. The van der Waals surface area contributed by atoms with Crippen LogP contribution in [0.3, 0.4) is 0 Å². The van der Waals surface area contributed by atoms with Crippen molar-refractivity contribution in [1.82, 2.24) is 0 Å². The molecular formula is C7H11ClO2. The summed E-state index contributed by atoms with van der Waals surface area (Å²) in [6.45, 7) is 6.96. The SMILES string of the molecule is C=C(Cl)C(=O)O[C@H](C)CC. The number of carbonyl (C=O) groups is 1. The number of ether oxygens (including phenoxy) is 1. The second-order valence-corrected chi connectivity index (χ2v) is 2.49. The number of hydrogen-bond acceptors (Lipinski definition) is 2. The van der Waals surface area contributed by atoms with Crippen molar-refractivity contribution >= 4 is 17.6 Å². The second-order valence-electron chi connectivity index (χ2n) is 2.03. The van der Waals surface area contributed by atoms with Gasteiger partial charge in [0.1, 0.15) is 5.03 Å². The maximum absolute atomic E-state index is 10.7. The van der Waals surface area contributed by atoms with Crippen LogP contribution in [0.5, 0.6) is 0 Å². The Hall–Kier alpha value is -0.500. The van der Waals surface area contributed by atoms with Crippen molar-refractivity contribution in [2.45, 2.75) is 26.4 Å². The zero-order chi connectivity index (χ0) is 8.15. The summed E-state index contributed by atoms with van der Waals surface area (Å²) in [6.07, 6.45) is 0.707. The van der Waals surface area contributed by atoms with E-state index in [4.69, 9.17) is 16.3 Å². The van der Waals surface area contributed by atoms with E-state index in [0.717, 1.165) is 6.42 Å². The van der Waals surface area contributed by atoms with Gasteiger partial charge in [-0.05, 0) is 13.3 Å². The molecular weight excluding hydrogens is 152 g/mol. The van der Waals surface area contributed by atoms with Gasteiger partial charge < -0.3 is 4.74 Å². The Labute approximate surface area is 65.8 Å². The van der Waals surface area contributed by atoms with E-state index in [0.29, 0.717) is 0 Å². The van der Waals surface area contributed by atoms with Crippen LogP contribution in [0.4, 0.5) is 0 Å². The highest BCUT2D eigenvalue weighted by atomic mass is 35.5. The molecule has 0 amide bonds. The van der Waals surface area contributed by atoms with E-state index in [2.05, 4.69) is 6.58 Å². The minimum absolute atomic E-state index is 0.0692. The first kappa shape index (κ1) is 9.50. The van der Waals surface area contributed by atoms with Gasteiger partial charge in [-0.25, -0.2) is 4.79 Å². The van der Waals surface area contributed by atoms with Crippen LogP contribution in [0.1, 0.15) is 20.3 Å². The zero-order valence-electron chi connectivity index (χ0n) is 6.19. The topological polar surface area (TPSA) is 26.3 Å². The van der Waals surface area contributed by atoms with Gasteiger partial charge in [-0.2, -0.15) is 0 Å². The maximum atomic E-state index is 10.7. The number of esters is 1. The fourth-order valence-corrected chi connectivity index (χ4v) is 0.375. The Morgan fingerprint density at radius 2 is 2.30 bits per heavy atom. The standard InChI is InChI=1S/C7H11ClO2/c1-4-5(2)10-7(9)6(3)8/h5H,3-4H2,1-2H3/t5-/m1/s1. The lowest BCUT2D eigenvalue weighted by atomic mass is 10.3. The Bertz CT molecular complexity index is 143. The van der Waals surface area contributed by atoms with Gasteiger partial charge in [0.25, 0.3) is 0 Å². The van der Waals surface area contributed by atoms with Crippen LogP contribution in [-0.4, -0.2) is 12.1 Å². The molecule has 0 radical (unpaired) electrons. The third-order valence-corrected chi connectivity index (χ3v) is 1.26. The molecule has 0 aromatic carbocycles. The summed E-state index contributed by atoms with van der Waals surface area (Å²) >= 11 is 5.26. The van der Waals surface area contributed by atoms with E-state index < -0.39 is 5.97 Å². The van der Waals surface area contributed by atoms with Crippen LogP contribution in [-0.2, 0) is 9.53 Å². The maximum Gasteiger partial charge on any atom is 0.349 e. The van der Waals surface area contributed by atoms with E-state index in [1.807, 2.05) is 6.92 Å². The quantitative estimate of drug-likeness (QED) is 0.469. The predicted molar refractivity (Wildman–Crippen MR) is 40.8 cm³/mol. The molecule has 0 aliphatic heterocycles. The van der Waals surface area contributed by atoms with Gasteiger partial charge in [0.2, 0.25) is 0 Å². The van der Waals surface area contributed by atoms with Crippen molar-refractivity contribution in [3.8, 4) is 0 Å². The largest absolute Gasteiger partial charge is 0.458 e. The third-order valence-electron chi connectivity index (χ3n) is 1.10. The number of carbonyl (C=O) groups excluding carboxylic acids is 1. The lowest BCUT2D eigenvalue weighted by Crippen LogP contribution is -2.13. The number of hydrogen-bond donors (Lipinski definition) is 0. The van der Waals surface area contributed by atoms with E-state index in [9.17, 15) is 4.79 Å². The molecule has 0 unspecified atom stereocenters. The van der Waals surface area contributed by atoms with Crippen LogP contribution in [0, 0.1) is 0 Å². The van der Waals surface area contributed by atoms with Crippen molar-refractivity contribution in [3.63, 3.8) is 0 Å². The van der Waals surface area contributed by atoms with Crippen molar-refractivity contribution in [2.24, 2.45) is 0 Å². The molecule has 0 bridgehead atoms. The first-order valence-corrected chi connectivity index (χ1v) is 3.51. The molecule has 0 N–H and O–H groups in total. The van der Waals surface area contributed by atoms with Gasteiger partial charge in [-0.1, -0.05) is 25.1 Å². The van der Waals surface area contributed by atoms with Crippen molar-refractivity contribution in [1.29, 1.82) is 0 Å².